The Labute approximate surface area is 196 Å². The molecule has 2 atom stereocenters. The van der Waals surface area contributed by atoms with E-state index < -0.39 is 6.10 Å². The lowest BCUT2D eigenvalue weighted by Gasteiger charge is -2.39. The third-order valence-electron chi connectivity index (χ3n) is 5.93. The van der Waals surface area contributed by atoms with Gasteiger partial charge in [-0.25, -0.2) is 4.39 Å². The van der Waals surface area contributed by atoms with Crippen molar-refractivity contribution >= 4 is 11.8 Å². The first-order valence-corrected chi connectivity index (χ1v) is 11.8. The third-order valence-corrected chi connectivity index (χ3v) is 5.93. The van der Waals surface area contributed by atoms with Crippen molar-refractivity contribution in [3.63, 3.8) is 0 Å². The molecule has 6 heteroatoms. The van der Waals surface area contributed by atoms with E-state index in [1.165, 1.54) is 12.1 Å². The molecule has 2 amide bonds. The van der Waals surface area contributed by atoms with Crippen LogP contribution in [-0.4, -0.2) is 35.9 Å². The van der Waals surface area contributed by atoms with Gasteiger partial charge in [0.25, 0.3) is 5.91 Å². The number of rotatable bonds is 8. The van der Waals surface area contributed by atoms with Crippen molar-refractivity contribution < 1.29 is 18.7 Å². The second-order valence-electron chi connectivity index (χ2n) is 9.40. The smallest absolute Gasteiger partial charge is 0.261 e. The summed E-state index contributed by atoms with van der Waals surface area (Å²) in [6.45, 7) is 11.0. The number of carbonyl (C=O) groups is 2. The molecular weight excluding hydrogens is 419 g/mol. The summed E-state index contributed by atoms with van der Waals surface area (Å²) in [5, 5.41) is 2.94. The second kappa shape index (κ2) is 10.8. The fraction of sp³-hybridized carbons (Fsp3) is 0.481. The Kier molecular flexibility index (Phi) is 8.11. The molecule has 0 aromatic heterocycles. The van der Waals surface area contributed by atoms with Gasteiger partial charge in [-0.1, -0.05) is 52.8 Å². The molecule has 0 spiro atoms. The van der Waals surface area contributed by atoms with Crippen LogP contribution in [0.5, 0.6) is 5.75 Å². The van der Waals surface area contributed by atoms with E-state index in [9.17, 15) is 14.0 Å². The third kappa shape index (κ3) is 5.92. The molecular formula is C27H35FN2O3. The van der Waals surface area contributed by atoms with Gasteiger partial charge in [-0.2, -0.15) is 0 Å². The molecule has 0 unspecified atom stereocenters. The van der Waals surface area contributed by atoms with Crippen LogP contribution in [0.3, 0.4) is 0 Å². The normalized spacial score (nSPS) is 16.5. The van der Waals surface area contributed by atoms with E-state index in [1.54, 1.807) is 12.1 Å². The molecule has 0 bridgehead atoms. The summed E-state index contributed by atoms with van der Waals surface area (Å²) in [7, 11) is 0. The molecule has 1 aliphatic heterocycles. The quantitative estimate of drug-likeness (QED) is 0.618. The number of nitrogens with one attached hydrogen (secondary N) is 1. The zero-order chi connectivity index (χ0) is 24.1. The Morgan fingerprint density at radius 2 is 1.82 bits per heavy atom. The summed E-state index contributed by atoms with van der Waals surface area (Å²) < 4.78 is 19.7. The van der Waals surface area contributed by atoms with Gasteiger partial charge < -0.3 is 15.0 Å². The summed E-state index contributed by atoms with van der Waals surface area (Å²) in [4.78, 5) is 27.5. The van der Waals surface area contributed by atoms with Crippen molar-refractivity contribution in [2.75, 3.05) is 13.1 Å². The number of fused-ring (bicyclic) bond motifs is 1. The van der Waals surface area contributed by atoms with Crippen LogP contribution in [0, 0.1) is 17.7 Å². The molecule has 1 heterocycles. The molecule has 0 saturated heterocycles. The van der Waals surface area contributed by atoms with Crippen LogP contribution in [0.4, 0.5) is 4.39 Å². The predicted molar refractivity (Wildman–Crippen MR) is 127 cm³/mol. The fourth-order valence-electron chi connectivity index (χ4n) is 4.15. The molecule has 3 rings (SSSR count). The van der Waals surface area contributed by atoms with Crippen LogP contribution in [-0.2, 0) is 16.0 Å². The van der Waals surface area contributed by atoms with Gasteiger partial charge in [-0.15, -0.1) is 0 Å². The lowest BCUT2D eigenvalue weighted by molar-refractivity contribution is -0.136. The number of ether oxygens (including phenoxy) is 1. The Balaban J connectivity index is 1.95. The summed E-state index contributed by atoms with van der Waals surface area (Å²) in [5.74, 6) is 0.411. The number of nitrogens with zero attached hydrogens (tertiary/aromatic N) is 1. The SMILES string of the molecule is CC[C@H](Oc1ccc2c(c1)[C@H](c1ccc(F)cc1)N(C(=O)C(C)C)CC2)C(=O)NCC(C)C. The van der Waals surface area contributed by atoms with Gasteiger partial charge in [0.15, 0.2) is 6.10 Å². The monoisotopic (exact) mass is 454 g/mol. The molecule has 2 aromatic carbocycles. The van der Waals surface area contributed by atoms with Gasteiger partial charge in [-0.05, 0) is 59.7 Å². The van der Waals surface area contributed by atoms with E-state index >= 15 is 0 Å². The van der Waals surface area contributed by atoms with Crippen LogP contribution in [0.25, 0.3) is 0 Å². The van der Waals surface area contributed by atoms with Crippen LogP contribution < -0.4 is 10.1 Å². The predicted octanol–water partition coefficient (Wildman–Crippen LogP) is 4.89. The van der Waals surface area contributed by atoms with Crippen molar-refractivity contribution in [3.8, 4) is 5.75 Å². The van der Waals surface area contributed by atoms with Crippen LogP contribution in [0.15, 0.2) is 42.5 Å². The largest absolute Gasteiger partial charge is 0.481 e. The Morgan fingerprint density at radius 3 is 2.42 bits per heavy atom. The van der Waals surface area contributed by atoms with E-state index in [0.29, 0.717) is 31.2 Å². The maximum Gasteiger partial charge on any atom is 0.261 e. The zero-order valence-electron chi connectivity index (χ0n) is 20.2. The van der Waals surface area contributed by atoms with Crippen molar-refractivity contribution in [1.82, 2.24) is 10.2 Å². The molecule has 0 saturated carbocycles. The number of amides is 2. The number of hydrogen-bond donors (Lipinski definition) is 1. The van der Waals surface area contributed by atoms with Gasteiger partial charge >= 0.3 is 0 Å². The van der Waals surface area contributed by atoms with Gasteiger partial charge in [0.05, 0.1) is 6.04 Å². The topological polar surface area (TPSA) is 58.6 Å². The minimum atomic E-state index is -0.594. The Bertz CT molecular complexity index is 972. The van der Waals surface area contributed by atoms with E-state index in [0.717, 1.165) is 23.1 Å². The number of carbonyl (C=O) groups excluding carboxylic acids is 2. The lowest BCUT2D eigenvalue weighted by Crippen LogP contribution is -2.42. The zero-order valence-corrected chi connectivity index (χ0v) is 20.2. The second-order valence-corrected chi connectivity index (χ2v) is 9.40. The van der Waals surface area contributed by atoms with Gasteiger partial charge in [0.2, 0.25) is 5.91 Å². The van der Waals surface area contributed by atoms with Crippen molar-refractivity contribution in [3.05, 3.63) is 65.0 Å². The molecule has 0 fully saturated rings. The highest BCUT2D eigenvalue weighted by Crippen LogP contribution is 2.38. The van der Waals surface area contributed by atoms with Crippen LogP contribution in [0.2, 0.25) is 0 Å². The Hall–Kier alpha value is -2.89. The van der Waals surface area contributed by atoms with E-state index in [1.807, 2.05) is 57.7 Å². The minimum Gasteiger partial charge on any atom is -0.481 e. The van der Waals surface area contributed by atoms with Gasteiger partial charge in [0.1, 0.15) is 11.6 Å². The lowest BCUT2D eigenvalue weighted by atomic mass is 9.87. The van der Waals surface area contributed by atoms with Crippen molar-refractivity contribution in [2.24, 2.45) is 11.8 Å². The first-order chi connectivity index (χ1) is 15.7. The summed E-state index contributed by atoms with van der Waals surface area (Å²) in [5.41, 5.74) is 2.93. The minimum absolute atomic E-state index is 0.0563. The summed E-state index contributed by atoms with van der Waals surface area (Å²) in [6, 6.07) is 11.8. The van der Waals surface area contributed by atoms with E-state index in [2.05, 4.69) is 5.32 Å². The van der Waals surface area contributed by atoms with E-state index in [-0.39, 0.29) is 29.6 Å². The van der Waals surface area contributed by atoms with Gasteiger partial charge in [0, 0.05) is 19.0 Å². The maximum absolute atomic E-state index is 13.6. The maximum atomic E-state index is 13.6. The number of halogens is 1. The van der Waals surface area contributed by atoms with E-state index in [4.69, 9.17) is 4.74 Å². The summed E-state index contributed by atoms with van der Waals surface area (Å²) in [6.07, 6.45) is 0.682. The average molecular weight is 455 g/mol. The van der Waals surface area contributed by atoms with Gasteiger partial charge in [-0.3, -0.25) is 9.59 Å². The first-order valence-electron chi connectivity index (χ1n) is 11.8. The van der Waals surface area contributed by atoms with Crippen LogP contribution >= 0.6 is 0 Å². The molecule has 1 N–H and O–H groups in total. The molecule has 2 aromatic rings. The fourth-order valence-corrected chi connectivity index (χ4v) is 4.15. The van der Waals surface area contributed by atoms with Crippen molar-refractivity contribution in [2.45, 2.75) is 59.6 Å². The molecule has 178 valence electrons. The summed E-state index contributed by atoms with van der Waals surface area (Å²) >= 11 is 0. The molecule has 5 nitrogen and oxygen atoms in total. The highest BCUT2D eigenvalue weighted by molar-refractivity contribution is 5.81. The number of benzene rings is 2. The first kappa shape index (κ1) is 24.7. The molecule has 0 radical (unpaired) electrons. The highest BCUT2D eigenvalue weighted by Gasteiger charge is 2.33. The molecule has 33 heavy (non-hydrogen) atoms. The average Bonchev–Trinajstić information content (AvgIpc) is 2.80. The molecule has 1 aliphatic rings. The van der Waals surface area contributed by atoms with Crippen molar-refractivity contribution in [1.29, 1.82) is 0 Å². The standard InChI is InChI=1S/C27H35FN2O3/c1-6-24(26(31)29-16-17(2)3)33-22-12-9-19-13-14-30(27(32)18(4)5)25(23(19)15-22)20-7-10-21(28)11-8-20/h7-12,15,17-18,24-25H,6,13-14,16H2,1-5H3,(H,29,31)/t24-,25-/m0/s1. The Morgan fingerprint density at radius 1 is 1.12 bits per heavy atom. The number of hydrogen-bond acceptors (Lipinski definition) is 3. The molecule has 0 aliphatic carbocycles. The van der Waals surface area contributed by atoms with Crippen LogP contribution in [0.1, 0.15) is 63.8 Å². The highest BCUT2D eigenvalue weighted by atomic mass is 19.1.